The van der Waals surface area contributed by atoms with Crippen LogP contribution in [0.15, 0.2) is 52.7 Å². The fourth-order valence-electron chi connectivity index (χ4n) is 2.42. The molecule has 0 radical (unpaired) electrons. The number of aromatic amines is 1. The first-order valence-electron chi connectivity index (χ1n) is 7.86. The van der Waals surface area contributed by atoms with Crippen LogP contribution in [0, 0.1) is 10.1 Å². The molecule has 2 aromatic carbocycles. The van der Waals surface area contributed by atoms with Crippen LogP contribution in [0.1, 0.15) is 10.4 Å². The van der Waals surface area contributed by atoms with Gasteiger partial charge in [-0.15, -0.1) is 10.2 Å². The van der Waals surface area contributed by atoms with Crippen molar-refractivity contribution >= 4 is 34.1 Å². The van der Waals surface area contributed by atoms with Gasteiger partial charge in [0.2, 0.25) is 5.88 Å². The van der Waals surface area contributed by atoms with E-state index in [1.54, 1.807) is 12.1 Å². The summed E-state index contributed by atoms with van der Waals surface area (Å²) >= 11 is 0. The number of hydrogen-bond donors (Lipinski definition) is 4. The topological polar surface area (TPSA) is 170 Å². The van der Waals surface area contributed by atoms with Crippen LogP contribution in [0.5, 0.6) is 11.6 Å². The second-order valence-corrected chi connectivity index (χ2v) is 5.60. The molecule has 0 bridgehead atoms. The summed E-state index contributed by atoms with van der Waals surface area (Å²) in [6.45, 7) is -0.500. The minimum Gasteiger partial charge on any atom is -0.507 e. The number of nitro benzene ring substituents is 1. The van der Waals surface area contributed by atoms with Crippen LogP contribution in [-0.2, 0) is 4.79 Å². The number of rotatable bonds is 5. The highest BCUT2D eigenvalue weighted by Gasteiger charge is 2.16. The Morgan fingerprint density at radius 1 is 1.18 bits per heavy atom. The van der Waals surface area contributed by atoms with E-state index in [0.717, 1.165) is 0 Å². The summed E-state index contributed by atoms with van der Waals surface area (Å²) in [4.78, 5) is 36.6. The fourth-order valence-corrected chi connectivity index (χ4v) is 2.42. The molecule has 1 heterocycles. The van der Waals surface area contributed by atoms with Gasteiger partial charge in [0.05, 0.1) is 16.0 Å². The van der Waals surface area contributed by atoms with Gasteiger partial charge in [0.15, 0.2) is 5.69 Å². The number of aromatic hydroxyl groups is 2. The van der Waals surface area contributed by atoms with Crippen molar-refractivity contribution < 1.29 is 24.7 Å². The van der Waals surface area contributed by atoms with Gasteiger partial charge < -0.3 is 20.5 Å². The van der Waals surface area contributed by atoms with E-state index in [1.807, 2.05) is 0 Å². The highest BCUT2D eigenvalue weighted by molar-refractivity contribution is 5.99. The average molecular weight is 383 g/mol. The molecule has 0 fully saturated rings. The third-order valence-corrected chi connectivity index (χ3v) is 3.76. The summed E-state index contributed by atoms with van der Waals surface area (Å²) < 4.78 is 0. The maximum atomic E-state index is 11.9. The fraction of sp³-hybridized carbons (Fsp3) is 0.0588. The predicted molar refractivity (Wildman–Crippen MR) is 96.6 cm³/mol. The Hall–Kier alpha value is -4.28. The summed E-state index contributed by atoms with van der Waals surface area (Å²) in [6, 6.07) is 9.63. The summed E-state index contributed by atoms with van der Waals surface area (Å²) in [6.07, 6.45) is 0. The molecule has 28 heavy (non-hydrogen) atoms. The number of phenolic OH excluding ortho intramolecular Hbond substituents is 1. The Kier molecular flexibility index (Phi) is 4.98. The molecule has 2 amide bonds. The van der Waals surface area contributed by atoms with Crippen LogP contribution in [0.4, 0.5) is 11.4 Å². The lowest BCUT2D eigenvalue weighted by Gasteiger charge is -2.04. The van der Waals surface area contributed by atoms with Crippen molar-refractivity contribution in [1.82, 2.24) is 10.3 Å². The average Bonchev–Trinajstić information content (AvgIpc) is 2.99. The van der Waals surface area contributed by atoms with Crippen LogP contribution in [0.3, 0.4) is 0 Å². The zero-order valence-electron chi connectivity index (χ0n) is 14.1. The van der Waals surface area contributed by atoms with Crippen LogP contribution in [0.25, 0.3) is 10.9 Å². The van der Waals surface area contributed by atoms with Crippen molar-refractivity contribution in [3.05, 3.63) is 58.1 Å². The van der Waals surface area contributed by atoms with E-state index in [4.69, 9.17) is 0 Å². The van der Waals surface area contributed by atoms with E-state index in [2.05, 4.69) is 20.5 Å². The van der Waals surface area contributed by atoms with E-state index < -0.39 is 29.2 Å². The number of hydrogen-bond acceptors (Lipinski definition) is 7. The van der Waals surface area contributed by atoms with Crippen molar-refractivity contribution in [3.63, 3.8) is 0 Å². The van der Waals surface area contributed by atoms with Gasteiger partial charge in [0.25, 0.3) is 17.5 Å². The molecule has 0 aliphatic heterocycles. The Bertz CT molecular complexity index is 1120. The van der Waals surface area contributed by atoms with Crippen molar-refractivity contribution in [2.75, 3.05) is 6.54 Å². The van der Waals surface area contributed by atoms with Gasteiger partial charge in [0, 0.05) is 17.5 Å². The highest BCUT2D eigenvalue weighted by Crippen LogP contribution is 2.37. The van der Waals surface area contributed by atoms with E-state index in [0.29, 0.717) is 5.52 Å². The SMILES string of the molecule is O=C(CNC(=O)c1ccccc1O)N=Nc1c(O)[nH]c2ccc([N+](=O)[O-])cc12. The molecule has 0 saturated carbocycles. The summed E-state index contributed by atoms with van der Waals surface area (Å²) in [7, 11) is 0. The third-order valence-electron chi connectivity index (χ3n) is 3.76. The molecule has 3 rings (SSSR count). The predicted octanol–water partition coefficient (Wildman–Crippen LogP) is 2.53. The number of azo groups is 1. The van der Waals surface area contributed by atoms with Crippen LogP contribution in [-0.4, -0.2) is 38.5 Å². The third kappa shape index (κ3) is 3.77. The standard InChI is InChI=1S/C17H13N5O6/c23-13-4-2-1-3-10(13)16(25)18-8-14(24)20-21-15-11-7-9(22(27)28)5-6-12(11)19-17(15)26/h1-7,19,23,26H,8H2,(H,18,25). The maximum Gasteiger partial charge on any atom is 0.283 e. The Morgan fingerprint density at radius 2 is 1.93 bits per heavy atom. The molecule has 142 valence electrons. The van der Waals surface area contributed by atoms with Crippen LogP contribution in [0.2, 0.25) is 0 Å². The van der Waals surface area contributed by atoms with Crippen molar-refractivity contribution in [3.8, 4) is 11.6 Å². The normalized spacial score (nSPS) is 11.0. The summed E-state index contributed by atoms with van der Waals surface area (Å²) in [5.74, 6) is -2.15. The summed E-state index contributed by atoms with van der Waals surface area (Å²) in [5.41, 5.74) is 0.00876. The quantitative estimate of drug-likeness (QED) is 0.299. The lowest BCUT2D eigenvalue weighted by Crippen LogP contribution is -2.28. The molecule has 4 N–H and O–H groups in total. The van der Waals surface area contributed by atoms with E-state index in [1.165, 1.54) is 30.3 Å². The number of H-pyrrole nitrogens is 1. The van der Waals surface area contributed by atoms with E-state index >= 15 is 0 Å². The first-order chi connectivity index (χ1) is 13.4. The molecule has 0 unspecified atom stereocenters. The van der Waals surface area contributed by atoms with Gasteiger partial charge in [0.1, 0.15) is 12.3 Å². The van der Waals surface area contributed by atoms with Crippen molar-refractivity contribution in [1.29, 1.82) is 0 Å². The zero-order valence-corrected chi connectivity index (χ0v) is 14.1. The molecule has 11 heteroatoms. The Labute approximate surface area is 156 Å². The first-order valence-corrected chi connectivity index (χ1v) is 7.86. The number of nitrogens with zero attached hydrogens (tertiary/aromatic N) is 3. The molecular weight excluding hydrogens is 370 g/mol. The molecule has 0 spiro atoms. The van der Waals surface area contributed by atoms with Crippen molar-refractivity contribution in [2.24, 2.45) is 10.2 Å². The monoisotopic (exact) mass is 383 g/mol. The number of nitrogens with one attached hydrogen (secondary N) is 2. The van der Waals surface area contributed by atoms with Gasteiger partial charge in [-0.3, -0.25) is 19.7 Å². The first kappa shape index (κ1) is 18.5. The van der Waals surface area contributed by atoms with Gasteiger partial charge in [-0.1, -0.05) is 12.1 Å². The van der Waals surface area contributed by atoms with Crippen LogP contribution >= 0.6 is 0 Å². The van der Waals surface area contributed by atoms with Crippen molar-refractivity contribution in [2.45, 2.75) is 0 Å². The van der Waals surface area contributed by atoms with Gasteiger partial charge in [-0.2, -0.15) is 0 Å². The Balaban J connectivity index is 1.73. The Morgan fingerprint density at radius 3 is 2.64 bits per heavy atom. The second kappa shape index (κ2) is 7.53. The number of para-hydroxylation sites is 1. The molecule has 3 aromatic rings. The molecule has 0 aliphatic rings. The molecule has 0 atom stereocenters. The number of fused-ring (bicyclic) bond motifs is 1. The number of aromatic nitrogens is 1. The smallest absolute Gasteiger partial charge is 0.283 e. The maximum absolute atomic E-state index is 11.9. The number of amides is 2. The van der Waals surface area contributed by atoms with E-state index in [-0.39, 0.29) is 28.1 Å². The number of non-ortho nitro benzene ring substituents is 1. The van der Waals surface area contributed by atoms with Crippen LogP contribution < -0.4 is 5.32 Å². The molecule has 11 nitrogen and oxygen atoms in total. The minimum absolute atomic E-state index is 0.00572. The lowest BCUT2D eigenvalue weighted by atomic mass is 10.2. The number of carbonyl (C=O) groups excluding carboxylic acids is 2. The largest absolute Gasteiger partial charge is 0.507 e. The minimum atomic E-state index is -0.831. The van der Waals surface area contributed by atoms with Gasteiger partial charge >= 0.3 is 0 Å². The highest BCUT2D eigenvalue weighted by atomic mass is 16.6. The number of nitro groups is 1. The molecule has 0 aliphatic carbocycles. The zero-order chi connectivity index (χ0) is 20.3. The number of benzene rings is 2. The number of phenols is 1. The van der Waals surface area contributed by atoms with Gasteiger partial charge in [-0.05, 0) is 18.2 Å². The summed E-state index contributed by atoms with van der Waals surface area (Å²) in [5, 5.41) is 39.9. The van der Waals surface area contributed by atoms with Gasteiger partial charge in [-0.25, -0.2) is 0 Å². The number of carbonyl (C=O) groups is 2. The lowest BCUT2D eigenvalue weighted by molar-refractivity contribution is -0.384. The molecular formula is C17H13N5O6. The second-order valence-electron chi connectivity index (χ2n) is 5.60. The van der Waals surface area contributed by atoms with E-state index in [9.17, 15) is 29.9 Å². The molecule has 0 saturated heterocycles. The molecule has 1 aromatic heterocycles.